The van der Waals surface area contributed by atoms with E-state index in [1.54, 1.807) is 13.8 Å². The average molecular weight is 596 g/mol. The molecule has 210 valence electrons. The van der Waals surface area contributed by atoms with Crippen molar-refractivity contribution in [2.45, 2.75) is 41.2 Å². The number of thiophene rings is 1. The van der Waals surface area contributed by atoms with Crippen molar-refractivity contribution in [3.63, 3.8) is 0 Å². The summed E-state index contributed by atoms with van der Waals surface area (Å²) in [6.07, 6.45) is 0. The van der Waals surface area contributed by atoms with Crippen LogP contribution in [0.3, 0.4) is 0 Å². The van der Waals surface area contributed by atoms with Crippen molar-refractivity contribution in [2.75, 3.05) is 30.0 Å². The van der Waals surface area contributed by atoms with E-state index in [0.29, 0.717) is 11.3 Å². The summed E-state index contributed by atoms with van der Waals surface area (Å²) in [6.45, 7) is 9.23. The molecule has 0 unspecified atom stereocenters. The molecule has 2 amide bonds. The minimum atomic E-state index is -4.21. The lowest BCUT2D eigenvalue weighted by atomic mass is 10.1. The number of carbonyl (C=O) groups is 4. The molecular formula is C25H29N3O8S3. The van der Waals surface area contributed by atoms with Crippen LogP contribution in [0.4, 0.5) is 5.00 Å². The summed E-state index contributed by atoms with van der Waals surface area (Å²) >= 11 is 2.05. The van der Waals surface area contributed by atoms with E-state index in [-0.39, 0.29) is 34.2 Å². The van der Waals surface area contributed by atoms with E-state index >= 15 is 0 Å². The Morgan fingerprint density at radius 1 is 0.974 bits per heavy atom. The predicted molar refractivity (Wildman–Crippen MR) is 149 cm³/mol. The summed E-state index contributed by atoms with van der Waals surface area (Å²) in [6, 6.07) is 5.81. The van der Waals surface area contributed by atoms with Crippen molar-refractivity contribution in [1.29, 1.82) is 0 Å². The van der Waals surface area contributed by atoms with E-state index in [2.05, 4.69) is 10.3 Å². The van der Waals surface area contributed by atoms with Crippen molar-refractivity contribution in [1.82, 2.24) is 4.57 Å². The second-order valence-electron chi connectivity index (χ2n) is 8.39. The smallest absolute Gasteiger partial charge is 0.348 e. The van der Waals surface area contributed by atoms with Gasteiger partial charge in [0.25, 0.3) is 5.91 Å². The number of nitrogens with one attached hydrogen (secondary N) is 1. The third kappa shape index (κ3) is 7.19. The molecule has 0 radical (unpaired) electrons. The van der Waals surface area contributed by atoms with E-state index in [4.69, 9.17) is 9.47 Å². The van der Waals surface area contributed by atoms with Gasteiger partial charge in [-0.2, -0.15) is 4.99 Å². The number of ether oxygens (including phenoxy) is 2. The van der Waals surface area contributed by atoms with Gasteiger partial charge in [-0.25, -0.2) is 18.0 Å². The number of aryl methyl sites for hydroxylation is 2. The molecule has 0 fully saturated rings. The van der Waals surface area contributed by atoms with Gasteiger partial charge in [0, 0.05) is 6.54 Å². The van der Waals surface area contributed by atoms with Crippen molar-refractivity contribution >= 4 is 71.5 Å². The van der Waals surface area contributed by atoms with Crippen LogP contribution in [0.1, 0.15) is 51.9 Å². The van der Waals surface area contributed by atoms with Gasteiger partial charge in [0.05, 0.1) is 29.0 Å². The molecule has 0 saturated heterocycles. The molecule has 0 atom stereocenters. The van der Waals surface area contributed by atoms with Crippen molar-refractivity contribution in [2.24, 2.45) is 4.99 Å². The first-order valence-corrected chi connectivity index (χ1v) is 15.5. The van der Waals surface area contributed by atoms with Crippen LogP contribution >= 0.6 is 22.7 Å². The monoisotopic (exact) mass is 595 g/mol. The molecule has 2 aromatic heterocycles. The highest BCUT2D eigenvalue weighted by Crippen LogP contribution is 2.34. The number of fused-ring (bicyclic) bond motifs is 1. The van der Waals surface area contributed by atoms with E-state index in [1.807, 2.05) is 36.6 Å². The quantitative estimate of drug-likeness (QED) is 0.351. The van der Waals surface area contributed by atoms with Crippen LogP contribution in [-0.4, -0.2) is 61.5 Å². The number of esters is 2. The van der Waals surface area contributed by atoms with Gasteiger partial charge >= 0.3 is 11.9 Å². The number of benzene rings is 1. The standard InChI is InChI=1S/C25H29N3O8S3/c1-6-28-16-10-9-14(4)11-17(16)37-25(28)27-19(30)13-39(33,34)12-18(29)26-22-20(23(31)35-7-2)15(5)21(38-22)24(32)36-8-3/h9-11H,6-8,12-13H2,1-5H3,(H,26,29). The van der Waals surface area contributed by atoms with Gasteiger partial charge in [0.1, 0.15) is 21.4 Å². The molecule has 2 heterocycles. The molecule has 1 N–H and O–H groups in total. The zero-order valence-electron chi connectivity index (χ0n) is 22.2. The Morgan fingerprint density at radius 3 is 2.28 bits per heavy atom. The van der Waals surface area contributed by atoms with Crippen molar-refractivity contribution < 1.29 is 37.1 Å². The zero-order chi connectivity index (χ0) is 28.9. The van der Waals surface area contributed by atoms with Crippen LogP contribution in [0, 0.1) is 13.8 Å². The zero-order valence-corrected chi connectivity index (χ0v) is 24.6. The lowest BCUT2D eigenvalue weighted by molar-refractivity contribution is -0.115. The number of rotatable bonds is 10. The third-order valence-electron chi connectivity index (χ3n) is 5.41. The molecule has 3 aromatic rings. The number of sulfone groups is 1. The van der Waals surface area contributed by atoms with Gasteiger partial charge < -0.3 is 19.4 Å². The molecule has 11 nitrogen and oxygen atoms in total. The molecule has 0 bridgehead atoms. The normalized spacial score (nSPS) is 12.0. The number of hydrogen-bond donors (Lipinski definition) is 1. The first-order chi connectivity index (χ1) is 18.4. The average Bonchev–Trinajstić information content (AvgIpc) is 3.33. The maximum absolute atomic E-state index is 12.7. The van der Waals surface area contributed by atoms with Crippen molar-refractivity contribution in [3.8, 4) is 0 Å². The van der Waals surface area contributed by atoms with Crippen LogP contribution in [-0.2, 0) is 35.4 Å². The number of aromatic nitrogens is 1. The number of thiazole rings is 1. The van der Waals surface area contributed by atoms with Gasteiger partial charge in [-0.3, -0.25) is 9.59 Å². The van der Waals surface area contributed by atoms with Gasteiger partial charge in [0.2, 0.25) is 5.91 Å². The molecule has 0 aliphatic rings. The van der Waals surface area contributed by atoms with Gasteiger partial charge in [-0.15, -0.1) is 11.3 Å². The second kappa shape index (κ2) is 12.7. The van der Waals surface area contributed by atoms with Gasteiger partial charge in [-0.05, 0) is 57.9 Å². The highest BCUT2D eigenvalue weighted by molar-refractivity contribution is 7.92. The van der Waals surface area contributed by atoms with Crippen LogP contribution in [0.15, 0.2) is 23.2 Å². The Morgan fingerprint density at radius 2 is 1.64 bits per heavy atom. The number of anilines is 1. The maximum Gasteiger partial charge on any atom is 0.348 e. The Labute approximate surface area is 233 Å². The van der Waals surface area contributed by atoms with E-state index < -0.39 is 45.1 Å². The molecule has 3 rings (SSSR count). The fraction of sp³-hybridized carbons (Fsp3) is 0.400. The Bertz CT molecular complexity index is 1610. The predicted octanol–water partition coefficient (Wildman–Crippen LogP) is 3.24. The Balaban J connectivity index is 1.80. The Hall–Kier alpha value is -3.36. The highest BCUT2D eigenvalue weighted by atomic mass is 32.2. The fourth-order valence-corrected chi connectivity index (χ4v) is 7.08. The van der Waals surface area contributed by atoms with Crippen LogP contribution in [0.2, 0.25) is 0 Å². The topological polar surface area (TPSA) is 150 Å². The Kier molecular flexibility index (Phi) is 9.80. The van der Waals surface area contributed by atoms with Crippen LogP contribution in [0.5, 0.6) is 0 Å². The summed E-state index contributed by atoms with van der Waals surface area (Å²) in [5, 5.41) is 2.33. The maximum atomic E-state index is 12.7. The summed E-state index contributed by atoms with van der Waals surface area (Å²) in [7, 11) is -4.21. The fourth-order valence-electron chi connectivity index (χ4n) is 3.75. The molecule has 0 spiro atoms. The summed E-state index contributed by atoms with van der Waals surface area (Å²) in [5.41, 5.74) is 2.10. The SMILES string of the molecule is CCOC(=O)c1sc(NC(=O)CS(=O)(=O)CC(=O)N=c2sc3cc(C)ccc3n2CC)c(C(=O)OCC)c1C. The molecule has 14 heteroatoms. The largest absolute Gasteiger partial charge is 0.462 e. The molecule has 39 heavy (non-hydrogen) atoms. The number of hydrogen-bond acceptors (Lipinski definition) is 10. The number of nitrogens with zero attached hydrogens (tertiary/aromatic N) is 2. The molecule has 0 saturated carbocycles. The molecule has 1 aromatic carbocycles. The summed E-state index contributed by atoms with van der Waals surface area (Å²) < 4.78 is 38.1. The summed E-state index contributed by atoms with van der Waals surface area (Å²) in [4.78, 5) is 54.5. The first-order valence-electron chi connectivity index (χ1n) is 12.1. The van der Waals surface area contributed by atoms with Crippen molar-refractivity contribution in [3.05, 3.63) is 44.6 Å². The minimum Gasteiger partial charge on any atom is -0.462 e. The molecular weight excluding hydrogens is 566 g/mol. The van der Waals surface area contributed by atoms with E-state index in [9.17, 15) is 27.6 Å². The van der Waals surface area contributed by atoms with Gasteiger partial charge in [-0.1, -0.05) is 17.4 Å². The highest BCUT2D eigenvalue weighted by Gasteiger charge is 2.29. The molecule has 0 aliphatic heterocycles. The lowest BCUT2D eigenvalue weighted by Crippen LogP contribution is -2.28. The van der Waals surface area contributed by atoms with Gasteiger partial charge in [0.15, 0.2) is 14.6 Å². The van der Waals surface area contributed by atoms with E-state index in [1.165, 1.54) is 18.3 Å². The number of amides is 2. The first kappa shape index (κ1) is 30.2. The minimum absolute atomic E-state index is 0.0465. The third-order valence-corrected chi connectivity index (χ3v) is 9.03. The van der Waals surface area contributed by atoms with Crippen LogP contribution < -0.4 is 10.1 Å². The summed E-state index contributed by atoms with van der Waals surface area (Å²) in [5.74, 6) is -5.35. The van der Waals surface area contributed by atoms with E-state index in [0.717, 1.165) is 27.1 Å². The second-order valence-corrected chi connectivity index (χ2v) is 12.5. The molecule has 0 aliphatic carbocycles. The lowest BCUT2D eigenvalue weighted by Gasteiger charge is -2.07. The van der Waals surface area contributed by atoms with Crippen LogP contribution in [0.25, 0.3) is 10.2 Å². The number of carbonyl (C=O) groups excluding carboxylic acids is 4.